The number of aryl methyl sites for hydroxylation is 1. The molecule has 0 aliphatic heterocycles. The number of carbonyl (C=O) groups excluding carboxylic acids is 2. The van der Waals surface area contributed by atoms with Crippen molar-refractivity contribution < 1.29 is 24.2 Å². The molecule has 8 nitrogen and oxygen atoms in total. The molecule has 1 unspecified atom stereocenters. The fraction of sp³-hybridized carbons (Fsp3) is 0.308. The maximum Gasteiger partial charge on any atom is 0.407 e. The monoisotopic (exact) mass is 493 g/mol. The van der Waals surface area contributed by atoms with Crippen LogP contribution in [0.1, 0.15) is 51.3 Å². The molecule has 1 aliphatic carbocycles. The molecule has 3 aromatic rings. The van der Waals surface area contributed by atoms with E-state index in [4.69, 9.17) is 9.84 Å². The van der Waals surface area contributed by atoms with Gasteiger partial charge in [0, 0.05) is 10.8 Å². The van der Waals surface area contributed by atoms with Gasteiger partial charge in [-0.15, -0.1) is 11.3 Å². The van der Waals surface area contributed by atoms with Gasteiger partial charge >= 0.3 is 12.1 Å². The number of aromatic nitrogens is 1. The van der Waals surface area contributed by atoms with Crippen LogP contribution in [0, 0.1) is 12.8 Å². The molecule has 0 saturated heterocycles. The molecule has 0 bridgehead atoms. The Morgan fingerprint density at radius 2 is 1.66 bits per heavy atom. The molecule has 4 rings (SSSR count). The molecule has 0 radical (unpaired) electrons. The van der Waals surface area contributed by atoms with Crippen molar-refractivity contribution >= 4 is 29.3 Å². The third-order valence-corrected chi connectivity index (χ3v) is 6.99. The zero-order valence-electron chi connectivity index (χ0n) is 19.7. The molecular weight excluding hydrogens is 466 g/mol. The highest BCUT2D eigenvalue weighted by Crippen LogP contribution is 2.44. The van der Waals surface area contributed by atoms with Gasteiger partial charge in [0.25, 0.3) is 0 Å². The Balaban J connectivity index is 1.37. The van der Waals surface area contributed by atoms with Gasteiger partial charge in [0.05, 0.1) is 6.54 Å². The second-order valence-electron chi connectivity index (χ2n) is 8.73. The Hall–Kier alpha value is -3.72. The zero-order valence-corrected chi connectivity index (χ0v) is 20.5. The number of ether oxygens (including phenoxy) is 1. The van der Waals surface area contributed by atoms with Gasteiger partial charge in [-0.1, -0.05) is 62.4 Å². The topological polar surface area (TPSA) is 118 Å². The van der Waals surface area contributed by atoms with E-state index in [2.05, 4.69) is 27.8 Å². The van der Waals surface area contributed by atoms with Gasteiger partial charge < -0.3 is 20.5 Å². The molecule has 3 N–H and O–H groups in total. The number of nitrogens with zero attached hydrogens (tertiary/aromatic N) is 1. The summed E-state index contributed by atoms with van der Waals surface area (Å²) < 4.78 is 5.57. The lowest BCUT2D eigenvalue weighted by atomic mass is 9.98. The summed E-state index contributed by atoms with van der Waals surface area (Å²) in [5.74, 6) is -1.76. The third kappa shape index (κ3) is 5.19. The van der Waals surface area contributed by atoms with E-state index in [9.17, 15) is 14.4 Å². The number of hydrogen-bond donors (Lipinski definition) is 3. The average molecular weight is 494 g/mol. The number of benzene rings is 2. The molecule has 0 spiro atoms. The number of aromatic carboxylic acids is 1. The highest BCUT2D eigenvalue weighted by molar-refractivity contribution is 7.11. The average Bonchev–Trinajstić information content (AvgIpc) is 3.37. The lowest BCUT2D eigenvalue weighted by Gasteiger charge is -2.22. The fourth-order valence-electron chi connectivity index (χ4n) is 4.30. The molecule has 9 heteroatoms. The minimum Gasteiger partial charge on any atom is -0.476 e. The van der Waals surface area contributed by atoms with E-state index in [0.717, 1.165) is 22.3 Å². The smallest absolute Gasteiger partial charge is 0.407 e. The predicted molar refractivity (Wildman–Crippen MR) is 132 cm³/mol. The van der Waals surface area contributed by atoms with Crippen LogP contribution in [0.3, 0.4) is 0 Å². The molecule has 1 atom stereocenters. The van der Waals surface area contributed by atoms with Gasteiger partial charge in [-0.3, -0.25) is 4.79 Å². The molecule has 1 aromatic heterocycles. The quantitative estimate of drug-likeness (QED) is 0.430. The number of hydrogen-bond acceptors (Lipinski definition) is 6. The van der Waals surface area contributed by atoms with Crippen molar-refractivity contribution in [2.24, 2.45) is 5.92 Å². The van der Waals surface area contributed by atoms with E-state index in [-0.39, 0.29) is 30.7 Å². The van der Waals surface area contributed by atoms with E-state index in [1.807, 2.05) is 50.2 Å². The van der Waals surface area contributed by atoms with Gasteiger partial charge in [0.2, 0.25) is 5.91 Å². The lowest BCUT2D eigenvalue weighted by Crippen LogP contribution is -2.49. The van der Waals surface area contributed by atoms with Gasteiger partial charge in [-0.05, 0) is 35.1 Å². The van der Waals surface area contributed by atoms with Crippen LogP contribution in [0.15, 0.2) is 48.5 Å². The number of fused-ring (bicyclic) bond motifs is 3. The molecule has 0 fully saturated rings. The summed E-state index contributed by atoms with van der Waals surface area (Å²) in [4.78, 5) is 41.2. The van der Waals surface area contributed by atoms with Crippen molar-refractivity contribution in [3.63, 3.8) is 0 Å². The van der Waals surface area contributed by atoms with E-state index in [0.29, 0.717) is 9.88 Å². The van der Waals surface area contributed by atoms with Crippen molar-refractivity contribution in [3.05, 3.63) is 75.2 Å². The number of amides is 2. The van der Waals surface area contributed by atoms with Gasteiger partial charge in [-0.25, -0.2) is 14.6 Å². The molecule has 1 heterocycles. The summed E-state index contributed by atoms with van der Waals surface area (Å²) in [6.07, 6.45) is -0.668. The van der Waals surface area contributed by atoms with Crippen molar-refractivity contribution in [3.8, 4) is 11.1 Å². The fourth-order valence-corrected chi connectivity index (χ4v) is 5.16. The predicted octanol–water partition coefficient (Wildman–Crippen LogP) is 4.33. The summed E-state index contributed by atoms with van der Waals surface area (Å²) in [6.45, 7) is 5.55. The molecule has 182 valence electrons. The number of carboxylic acid groups (broad SMARTS) is 1. The molecule has 35 heavy (non-hydrogen) atoms. The molecule has 2 aromatic carbocycles. The molecule has 2 amide bonds. The van der Waals surface area contributed by atoms with Crippen molar-refractivity contribution in [1.82, 2.24) is 15.6 Å². The van der Waals surface area contributed by atoms with Crippen LogP contribution in [0.4, 0.5) is 4.79 Å². The number of thiazole rings is 1. The van der Waals surface area contributed by atoms with Crippen LogP contribution in [-0.4, -0.2) is 40.7 Å². The van der Waals surface area contributed by atoms with Crippen LogP contribution in [0.25, 0.3) is 11.1 Å². The first-order valence-corrected chi connectivity index (χ1v) is 12.2. The summed E-state index contributed by atoms with van der Waals surface area (Å²) in [6, 6.07) is 15.3. The second-order valence-corrected chi connectivity index (χ2v) is 10.0. The number of nitrogens with one attached hydrogen (secondary N) is 2. The minimum absolute atomic E-state index is 0.0172. The minimum atomic E-state index is -1.10. The van der Waals surface area contributed by atoms with E-state index in [1.54, 1.807) is 6.92 Å². The number of carbonyl (C=O) groups is 3. The third-order valence-electron chi connectivity index (χ3n) is 6.02. The van der Waals surface area contributed by atoms with Crippen LogP contribution >= 0.6 is 11.3 Å². The SMILES string of the molecule is Cc1sc(CNC(=O)C(NC(=O)OCC2c3ccccc3-c3ccccc32)C(C)C)nc1C(=O)O. The van der Waals surface area contributed by atoms with Crippen LogP contribution in [0.5, 0.6) is 0 Å². The molecular formula is C26H27N3O5S. The number of alkyl carbamates (subject to hydrolysis) is 1. The lowest BCUT2D eigenvalue weighted by molar-refractivity contribution is -0.124. The Labute approximate surface area is 207 Å². The Morgan fingerprint density at radius 3 is 2.20 bits per heavy atom. The number of carboxylic acids is 1. The van der Waals surface area contributed by atoms with Crippen molar-refractivity contribution in [1.29, 1.82) is 0 Å². The van der Waals surface area contributed by atoms with E-state index in [1.165, 1.54) is 11.3 Å². The first-order valence-electron chi connectivity index (χ1n) is 11.3. The largest absolute Gasteiger partial charge is 0.476 e. The summed E-state index contributed by atoms with van der Waals surface area (Å²) >= 11 is 1.21. The first-order chi connectivity index (χ1) is 16.8. The van der Waals surface area contributed by atoms with Crippen LogP contribution in [-0.2, 0) is 16.1 Å². The van der Waals surface area contributed by atoms with Gasteiger partial charge in [0.1, 0.15) is 17.7 Å². The second kappa shape index (κ2) is 10.3. The summed E-state index contributed by atoms with van der Waals surface area (Å²) in [5.41, 5.74) is 4.48. The van der Waals surface area contributed by atoms with E-state index >= 15 is 0 Å². The maximum atomic E-state index is 12.8. The molecule has 1 aliphatic rings. The Morgan fingerprint density at radius 1 is 1.06 bits per heavy atom. The van der Waals surface area contributed by atoms with Crippen molar-refractivity contribution in [2.75, 3.05) is 6.61 Å². The summed E-state index contributed by atoms with van der Waals surface area (Å²) in [7, 11) is 0. The maximum absolute atomic E-state index is 12.8. The zero-order chi connectivity index (χ0) is 25.1. The number of rotatable bonds is 8. The van der Waals surface area contributed by atoms with Crippen LogP contribution in [0.2, 0.25) is 0 Å². The van der Waals surface area contributed by atoms with Crippen LogP contribution < -0.4 is 10.6 Å². The van der Waals surface area contributed by atoms with Crippen molar-refractivity contribution in [2.45, 2.75) is 39.3 Å². The Kier molecular flexibility index (Phi) is 7.16. The normalized spacial score (nSPS) is 13.1. The van der Waals surface area contributed by atoms with Gasteiger partial charge in [0.15, 0.2) is 5.69 Å². The molecule has 0 saturated carbocycles. The highest BCUT2D eigenvalue weighted by Gasteiger charge is 2.30. The standard InChI is InChI=1S/C26H27N3O5S/c1-14(2)22(24(30)27-12-21-28-23(25(31)32)15(3)35-21)29-26(33)34-13-20-18-10-6-4-8-16(18)17-9-5-7-11-19(17)20/h4-11,14,20,22H,12-13H2,1-3H3,(H,27,30)(H,29,33)(H,31,32). The summed E-state index contributed by atoms with van der Waals surface area (Å²) in [5, 5.41) is 15.0. The Bertz CT molecular complexity index is 1220. The van der Waals surface area contributed by atoms with Gasteiger partial charge in [-0.2, -0.15) is 0 Å². The first kappa shape index (κ1) is 24.4. The highest BCUT2D eigenvalue weighted by atomic mass is 32.1. The van der Waals surface area contributed by atoms with E-state index < -0.39 is 24.0 Å².